The Morgan fingerprint density at radius 2 is 1.90 bits per heavy atom. The van der Waals surface area contributed by atoms with Crippen molar-refractivity contribution in [2.24, 2.45) is 0 Å². The molecule has 3 aromatic rings. The molecule has 156 valence electrons. The summed E-state index contributed by atoms with van der Waals surface area (Å²) in [5, 5.41) is 0. The van der Waals surface area contributed by atoms with Gasteiger partial charge in [-0.15, -0.1) is 0 Å². The number of amides is 1. The van der Waals surface area contributed by atoms with E-state index in [1.54, 1.807) is 19.2 Å². The molecule has 2 heterocycles. The van der Waals surface area contributed by atoms with Gasteiger partial charge < -0.3 is 14.6 Å². The van der Waals surface area contributed by atoms with Crippen molar-refractivity contribution in [1.29, 1.82) is 0 Å². The topological polar surface area (TPSA) is 75.3 Å². The zero-order valence-corrected chi connectivity index (χ0v) is 17.5. The number of aromatic amines is 1. The molecule has 0 spiro atoms. The number of carbonyl (C=O) groups excluding carboxylic acids is 2. The maximum atomic E-state index is 12.6. The van der Waals surface area contributed by atoms with Crippen LogP contribution in [-0.2, 0) is 4.79 Å². The van der Waals surface area contributed by atoms with Crippen LogP contribution in [0.2, 0.25) is 0 Å². The number of nitrogens with zero attached hydrogens (tertiary/aromatic N) is 2. The fourth-order valence-corrected chi connectivity index (χ4v) is 4.13. The van der Waals surface area contributed by atoms with Gasteiger partial charge in [0.15, 0.2) is 5.78 Å². The standard InChI is InChI=1S/C24H27N3O3/c1-16-7-8-19-20(15-16)26-24(25-19)17-11-13-27(14-12-17)23(29)10-9-21(28)18-5-3-4-6-22(18)30-2/h3-8,15,17H,9-14H2,1-2H3,(H,25,26). The number of piperidine rings is 1. The Hall–Kier alpha value is -3.15. The van der Waals surface area contributed by atoms with E-state index in [9.17, 15) is 9.59 Å². The molecule has 6 heteroatoms. The molecule has 0 radical (unpaired) electrons. The summed E-state index contributed by atoms with van der Waals surface area (Å²) in [6, 6.07) is 13.4. The summed E-state index contributed by atoms with van der Waals surface area (Å²) in [6.45, 7) is 3.47. The van der Waals surface area contributed by atoms with Gasteiger partial charge in [-0.05, 0) is 49.6 Å². The number of hydrogen-bond donors (Lipinski definition) is 1. The molecule has 1 aliphatic rings. The molecule has 2 aromatic carbocycles. The number of imidazole rings is 1. The van der Waals surface area contributed by atoms with Gasteiger partial charge in [0.25, 0.3) is 0 Å². The number of carbonyl (C=O) groups is 2. The first-order chi connectivity index (χ1) is 14.5. The van der Waals surface area contributed by atoms with Crippen molar-refractivity contribution >= 4 is 22.7 Å². The quantitative estimate of drug-likeness (QED) is 0.622. The van der Waals surface area contributed by atoms with E-state index >= 15 is 0 Å². The lowest BCUT2D eigenvalue weighted by atomic mass is 9.95. The number of methoxy groups -OCH3 is 1. The van der Waals surface area contributed by atoms with E-state index in [1.807, 2.05) is 23.1 Å². The van der Waals surface area contributed by atoms with Crippen LogP contribution in [0, 0.1) is 6.92 Å². The van der Waals surface area contributed by atoms with Crippen molar-refractivity contribution in [3.63, 3.8) is 0 Å². The van der Waals surface area contributed by atoms with Crippen LogP contribution in [0.1, 0.15) is 53.3 Å². The third-order valence-corrected chi connectivity index (χ3v) is 5.86. The fraction of sp³-hybridized carbons (Fsp3) is 0.375. The lowest BCUT2D eigenvalue weighted by Gasteiger charge is -2.31. The summed E-state index contributed by atoms with van der Waals surface area (Å²) in [5.41, 5.74) is 3.80. The van der Waals surface area contributed by atoms with E-state index in [0.29, 0.717) is 30.3 Å². The zero-order chi connectivity index (χ0) is 21.1. The Morgan fingerprint density at radius 3 is 2.67 bits per heavy atom. The Balaban J connectivity index is 1.31. The van der Waals surface area contributed by atoms with Gasteiger partial charge in [-0.1, -0.05) is 18.2 Å². The number of aryl methyl sites for hydroxylation is 1. The maximum Gasteiger partial charge on any atom is 0.223 e. The number of ketones is 1. The Kier molecular flexibility index (Phi) is 5.84. The minimum absolute atomic E-state index is 0.0388. The average molecular weight is 405 g/mol. The first-order valence-electron chi connectivity index (χ1n) is 10.5. The summed E-state index contributed by atoms with van der Waals surface area (Å²) >= 11 is 0. The van der Waals surface area contributed by atoms with Crippen molar-refractivity contribution in [3.05, 3.63) is 59.4 Å². The smallest absolute Gasteiger partial charge is 0.223 e. The number of nitrogens with one attached hydrogen (secondary N) is 1. The number of ether oxygens (including phenoxy) is 1. The van der Waals surface area contributed by atoms with Crippen molar-refractivity contribution in [2.45, 2.75) is 38.5 Å². The van der Waals surface area contributed by atoms with Crippen molar-refractivity contribution in [2.75, 3.05) is 20.2 Å². The second kappa shape index (κ2) is 8.69. The summed E-state index contributed by atoms with van der Waals surface area (Å²) in [5.74, 6) is 1.87. The number of benzene rings is 2. The van der Waals surface area contributed by atoms with Crippen LogP contribution in [0.4, 0.5) is 0 Å². The summed E-state index contributed by atoms with van der Waals surface area (Å²) in [6.07, 6.45) is 2.18. The van der Waals surface area contributed by atoms with Crippen molar-refractivity contribution in [1.82, 2.24) is 14.9 Å². The molecule has 1 saturated heterocycles. The second-order valence-electron chi connectivity index (χ2n) is 7.92. The highest BCUT2D eigenvalue weighted by Crippen LogP contribution is 2.28. The van der Waals surface area contributed by atoms with Gasteiger partial charge in [0.05, 0.1) is 23.7 Å². The van der Waals surface area contributed by atoms with Crippen LogP contribution in [0.15, 0.2) is 42.5 Å². The third kappa shape index (κ3) is 4.22. The Labute approximate surface area is 176 Å². The van der Waals surface area contributed by atoms with Crippen molar-refractivity contribution in [3.8, 4) is 5.75 Å². The molecule has 0 aliphatic carbocycles. The van der Waals surface area contributed by atoms with E-state index in [1.165, 1.54) is 5.56 Å². The summed E-state index contributed by atoms with van der Waals surface area (Å²) < 4.78 is 5.25. The number of aromatic nitrogens is 2. The molecule has 0 unspecified atom stereocenters. The zero-order valence-electron chi connectivity index (χ0n) is 17.5. The van der Waals surface area contributed by atoms with Gasteiger partial charge in [0.1, 0.15) is 11.6 Å². The lowest BCUT2D eigenvalue weighted by Crippen LogP contribution is -2.38. The maximum absolute atomic E-state index is 12.6. The van der Waals surface area contributed by atoms with E-state index in [4.69, 9.17) is 9.72 Å². The Bertz CT molecular complexity index is 1060. The molecule has 0 atom stereocenters. The van der Waals surface area contributed by atoms with E-state index < -0.39 is 0 Å². The number of H-pyrrole nitrogens is 1. The van der Waals surface area contributed by atoms with Gasteiger partial charge >= 0.3 is 0 Å². The first-order valence-corrected chi connectivity index (χ1v) is 10.5. The second-order valence-corrected chi connectivity index (χ2v) is 7.92. The van der Waals surface area contributed by atoms with Crippen molar-refractivity contribution < 1.29 is 14.3 Å². The molecule has 30 heavy (non-hydrogen) atoms. The highest BCUT2D eigenvalue weighted by molar-refractivity contribution is 6.00. The molecule has 0 saturated carbocycles. The highest BCUT2D eigenvalue weighted by atomic mass is 16.5. The van der Waals surface area contributed by atoms with Gasteiger partial charge in [-0.3, -0.25) is 9.59 Å². The average Bonchev–Trinajstić information content (AvgIpc) is 3.20. The number of Topliss-reactive ketones (excluding diaryl/α,β-unsaturated/α-hetero) is 1. The summed E-state index contributed by atoms with van der Waals surface area (Å²) in [4.78, 5) is 35.2. The predicted molar refractivity (Wildman–Crippen MR) is 116 cm³/mol. The number of rotatable bonds is 6. The van der Waals surface area contributed by atoms with E-state index in [2.05, 4.69) is 24.0 Å². The van der Waals surface area contributed by atoms with Gasteiger partial charge in [0.2, 0.25) is 5.91 Å². The molecular formula is C24H27N3O3. The first kappa shape index (κ1) is 20.1. The third-order valence-electron chi connectivity index (χ3n) is 5.86. The molecule has 6 nitrogen and oxygen atoms in total. The molecule has 1 aromatic heterocycles. The van der Waals surface area contributed by atoms with Crippen LogP contribution < -0.4 is 4.74 Å². The number of likely N-dealkylation sites (tertiary alicyclic amines) is 1. The monoisotopic (exact) mass is 405 g/mol. The molecule has 0 bridgehead atoms. The van der Waals surface area contributed by atoms with Gasteiger partial charge in [-0.25, -0.2) is 4.98 Å². The van der Waals surface area contributed by atoms with Gasteiger partial charge in [0, 0.05) is 31.8 Å². The van der Waals surface area contributed by atoms with Crippen LogP contribution in [0.5, 0.6) is 5.75 Å². The molecule has 1 aliphatic heterocycles. The molecular weight excluding hydrogens is 378 g/mol. The fourth-order valence-electron chi connectivity index (χ4n) is 4.13. The number of fused-ring (bicyclic) bond motifs is 1. The minimum Gasteiger partial charge on any atom is -0.496 e. The molecule has 1 fully saturated rings. The largest absolute Gasteiger partial charge is 0.496 e. The summed E-state index contributed by atoms with van der Waals surface area (Å²) in [7, 11) is 1.55. The van der Waals surface area contributed by atoms with E-state index in [0.717, 1.165) is 29.7 Å². The van der Waals surface area contributed by atoms with Crippen LogP contribution >= 0.6 is 0 Å². The SMILES string of the molecule is COc1ccccc1C(=O)CCC(=O)N1CCC(c2nc3ccc(C)cc3[nH]2)CC1. The molecule has 1 N–H and O–H groups in total. The van der Waals surface area contributed by atoms with Crippen LogP contribution in [0.3, 0.4) is 0 Å². The highest BCUT2D eigenvalue weighted by Gasteiger charge is 2.26. The molecule has 4 rings (SSSR count). The molecule has 1 amide bonds. The normalized spacial score (nSPS) is 14.8. The van der Waals surface area contributed by atoms with E-state index in [-0.39, 0.29) is 24.5 Å². The van der Waals surface area contributed by atoms with Gasteiger partial charge in [-0.2, -0.15) is 0 Å². The predicted octanol–water partition coefficient (Wildman–Crippen LogP) is 4.25. The number of para-hydroxylation sites is 1. The van der Waals surface area contributed by atoms with Crippen LogP contribution in [-0.4, -0.2) is 46.8 Å². The Morgan fingerprint density at radius 1 is 1.13 bits per heavy atom. The minimum atomic E-state index is -0.0618. The van der Waals surface area contributed by atoms with Crippen LogP contribution in [0.25, 0.3) is 11.0 Å². The lowest BCUT2D eigenvalue weighted by molar-refractivity contribution is -0.132. The number of hydrogen-bond acceptors (Lipinski definition) is 4.